The largest absolute Gasteiger partial charge is 0.482 e. The van der Waals surface area contributed by atoms with Gasteiger partial charge in [-0.3, -0.25) is 4.79 Å². The van der Waals surface area contributed by atoms with E-state index in [0.29, 0.717) is 14.2 Å². The van der Waals surface area contributed by atoms with Gasteiger partial charge in [-0.05, 0) is 52.9 Å². The Balaban J connectivity index is 2.18. The molecule has 122 valence electrons. The van der Waals surface area contributed by atoms with E-state index in [0.717, 1.165) is 0 Å². The maximum atomic E-state index is 12.3. The average Bonchev–Trinajstić information content (AvgIpc) is 2.45. The van der Waals surface area contributed by atoms with Crippen molar-refractivity contribution in [1.82, 2.24) is 0 Å². The van der Waals surface area contributed by atoms with Crippen LogP contribution in [0.2, 0.25) is 5.02 Å². The summed E-state index contributed by atoms with van der Waals surface area (Å²) in [6.45, 7) is -1.43. The zero-order valence-corrected chi connectivity index (χ0v) is 14.4. The molecule has 0 aromatic heterocycles. The minimum Gasteiger partial charge on any atom is -0.482 e. The minimum absolute atomic E-state index is 0.0536. The predicted molar refractivity (Wildman–Crippen MR) is 90.1 cm³/mol. The van der Waals surface area contributed by atoms with Crippen molar-refractivity contribution < 1.29 is 22.7 Å². The number of hydrogen-bond donors (Lipinski definition) is 1. The number of rotatable bonds is 4. The predicted octanol–water partition coefficient (Wildman–Crippen LogP) is 5.14. The Morgan fingerprint density at radius 1 is 1.22 bits per heavy atom. The highest BCUT2D eigenvalue weighted by Crippen LogP contribution is 2.27. The molecule has 2 aromatic rings. The molecule has 3 nitrogen and oxygen atoms in total. The van der Waals surface area contributed by atoms with Crippen molar-refractivity contribution >= 4 is 45.8 Å². The lowest BCUT2D eigenvalue weighted by atomic mass is 10.2. The molecule has 0 aliphatic carbocycles. The number of carbonyl (C=O) groups is 1. The van der Waals surface area contributed by atoms with Crippen molar-refractivity contribution in [3.05, 3.63) is 56.6 Å². The van der Waals surface area contributed by atoms with Crippen molar-refractivity contribution in [2.75, 3.05) is 11.9 Å². The molecule has 1 N–H and O–H groups in total. The third kappa shape index (κ3) is 5.28. The number of anilines is 1. The van der Waals surface area contributed by atoms with Crippen LogP contribution in [-0.2, 0) is 0 Å². The summed E-state index contributed by atoms with van der Waals surface area (Å²) in [7, 11) is 0. The van der Waals surface area contributed by atoms with Gasteiger partial charge in [0.1, 0.15) is 5.75 Å². The van der Waals surface area contributed by atoms with Crippen LogP contribution in [0.5, 0.6) is 5.75 Å². The van der Waals surface area contributed by atoms with Gasteiger partial charge in [0.15, 0.2) is 6.61 Å². The summed E-state index contributed by atoms with van der Waals surface area (Å²) in [6.07, 6.45) is -4.46. The second-order valence-electron chi connectivity index (χ2n) is 4.48. The fourth-order valence-electron chi connectivity index (χ4n) is 1.72. The second kappa shape index (κ2) is 7.39. The van der Waals surface area contributed by atoms with Gasteiger partial charge in [0, 0.05) is 8.59 Å². The fraction of sp³-hybridized carbons (Fsp3) is 0.133. The van der Waals surface area contributed by atoms with Crippen LogP contribution in [0.25, 0.3) is 0 Å². The van der Waals surface area contributed by atoms with E-state index < -0.39 is 18.7 Å². The SMILES string of the molecule is O=C(Nc1ccccc1OCC(F)(F)F)c1ccc(Cl)cc1I. The van der Waals surface area contributed by atoms with Gasteiger partial charge in [0.2, 0.25) is 0 Å². The van der Waals surface area contributed by atoms with Crippen LogP contribution in [-0.4, -0.2) is 18.7 Å². The molecule has 2 aromatic carbocycles. The lowest BCUT2D eigenvalue weighted by Gasteiger charge is -2.14. The highest BCUT2D eigenvalue weighted by Gasteiger charge is 2.29. The lowest BCUT2D eigenvalue weighted by Crippen LogP contribution is -2.20. The molecule has 2 rings (SSSR count). The third-order valence-electron chi connectivity index (χ3n) is 2.70. The molecule has 0 radical (unpaired) electrons. The molecule has 0 aliphatic heterocycles. The molecule has 0 bridgehead atoms. The molecule has 8 heteroatoms. The minimum atomic E-state index is -4.46. The molecule has 0 unspecified atom stereocenters. The van der Waals surface area contributed by atoms with Crippen molar-refractivity contribution in [1.29, 1.82) is 0 Å². The van der Waals surface area contributed by atoms with E-state index in [1.165, 1.54) is 18.2 Å². The van der Waals surface area contributed by atoms with Crippen LogP contribution in [0.1, 0.15) is 10.4 Å². The van der Waals surface area contributed by atoms with Crippen molar-refractivity contribution in [3.8, 4) is 5.75 Å². The quantitative estimate of drug-likeness (QED) is 0.649. The van der Waals surface area contributed by atoms with E-state index in [-0.39, 0.29) is 11.4 Å². The van der Waals surface area contributed by atoms with Crippen molar-refractivity contribution in [2.24, 2.45) is 0 Å². The number of hydrogen-bond acceptors (Lipinski definition) is 2. The first-order valence-electron chi connectivity index (χ1n) is 6.31. The van der Waals surface area contributed by atoms with Crippen molar-refractivity contribution in [2.45, 2.75) is 6.18 Å². The normalized spacial score (nSPS) is 11.2. The van der Waals surface area contributed by atoms with Gasteiger partial charge < -0.3 is 10.1 Å². The Labute approximate surface area is 148 Å². The average molecular weight is 456 g/mol. The summed E-state index contributed by atoms with van der Waals surface area (Å²) >= 11 is 7.78. The number of carbonyl (C=O) groups excluding carboxylic acids is 1. The molecule has 0 saturated heterocycles. The number of halogens is 5. The second-order valence-corrected chi connectivity index (χ2v) is 6.08. The molecule has 0 saturated carbocycles. The van der Waals surface area contributed by atoms with Gasteiger partial charge in [-0.1, -0.05) is 23.7 Å². The molecule has 0 fully saturated rings. The molecular weight excluding hydrogens is 446 g/mol. The van der Waals surface area contributed by atoms with Crippen LogP contribution < -0.4 is 10.1 Å². The van der Waals surface area contributed by atoms with E-state index >= 15 is 0 Å². The van der Waals surface area contributed by atoms with Crippen LogP contribution in [0.4, 0.5) is 18.9 Å². The topological polar surface area (TPSA) is 38.3 Å². The molecule has 23 heavy (non-hydrogen) atoms. The Kier molecular flexibility index (Phi) is 5.74. The summed E-state index contributed by atoms with van der Waals surface area (Å²) in [4.78, 5) is 12.3. The Morgan fingerprint density at radius 3 is 2.57 bits per heavy atom. The highest BCUT2D eigenvalue weighted by atomic mass is 127. The lowest BCUT2D eigenvalue weighted by molar-refractivity contribution is -0.153. The summed E-state index contributed by atoms with van der Waals surface area (Å²) in [6, 6.07) is 10.6. The standard InChI is InChI=1S/C15H10ClF3INO2/c16-9-5-6-10(11(20)7-9)14(22)21-12-3-1-2-4-13(12)23-8-15(17,18)19/h1-7H,8H2,(H,21,22). The highest BCUT2D eigenvalue weighted by molar-refractivity contribution is 14.1. The molecule has 1 amide bonds. The molecule has 0 atom stereocenters. The smallest absolute Gasteiger partial charge is 0.422 e. The van der Waals surface area contributed by atoms with E-state index in [4.69, 9.17) is 16.3 Å². The summed E-state index contributed by atoms with van der Waals surface area (Å²) in [5, 5.41) is 3.03. The first-order chi connectivity index (χ1) is 10.8. The van der Waals surface area contributed by atoms with Crippen LogP contribution >= 0.6 is 34.2 Å². The molecular formula is C15H10ClF3INO2. The zero-order chi connectivity index (χ0) is 17.0. The summed E-state index contributed by atoms with van der Waals surface area (Å²) in [5.74, 6) is -0.517. The monoisotopic (exact) mass is 455 g/mol. The Hall–Kier alpha value is -1.48. The van der Waals surface area contributed by atoms with Crippen LogP contribution in [0, 0.1) is 3.57 Å². The van der Waals surface area contributed by atoms with Crippen LogP contribution in [0.15, 0.2) is 42.5 Å². The fourth-order valence-corrected chi connectivity index (χ4v) is 2.84. The first-order valence-corrected chi connectivity index (χ1v) is 7.77. The number of amides is 1. The Morgan fingerprint density at radius 2 is 1.91 bits per heavy atom. The van der Waals surface area contributed by atoms with Crippen LogP contribution in [0.3, 0.4) is 0 Å². The summed E-state index contributed by atoms with van der Waals surface area (Å²) in [5.41, 5.74) is 0.521. The van der Waals surface area contributed by atoms with Gasteiger partial charge in [0.05, 0.1) is 11.3 Å². The number of para-hydroxylation sites is 2. The van der Waals surface area contributed by atoms with Gasteiger partial charge in [-0.25, -0.2) is 0 Å². The van der Waals surface area contributed by atoms with Gasteiger partial charge in [-0.2, -0.15) is 13.2 Å². The molecule has 0 aliphatic rings. The molecule has 0 spiro atoms. The van der Waals surface area contributed by atoms with Gasteiger partial charge in [0.25, 0.3) is 5.91 Å². The third-order valence-corrected chi connectivity index (χ3v) is 3.83. The van der Waals surface area contributed by atoms with Crippen molar-refractivity contribution in [3.63, 3.8) is 0 Å². The first kappa shape index (κ1) is 17.9. The van der Waals surface area contributed by atoms with E-state index in [2.05, 4.69) is 5.32 Å². The number of nitrogens with one attached hydrogen (secondary N) is 1. The van der Waals surface area contributed by atoms with Gasteiger partial charge in [-0.15, -0.1) is 0 Å². The Bertz CT molecular complexity index is 722. The zero-order valence-electron chi connectivity index (χ0n) is 11.5. The number of alkyl halides is 3. The summed E-state index contributed by atoms with van der Waals surface area (Å²) < 4.78 is 42.1. The maximum Gasteiger partial charge on any atom is 0.422 e. The molecule has 0 heterocycles. The number of benzene rings is 2. The van der Waals surface area contributed by atoms with E-state index in [9.17, 15) is 18.0 Å². The maximum absolute atomic E-state index is 12.3. The number of ether oxygens (including phenoxy) is 1. The van der Waals surface area contributed by atoms with E-state index in [1.807, 2.05) is 22.6 Å². The van der Waals surface area contributed by atoms with E-state index in [1.54, 1.807) is 24.3 Å². The van der Waals surface area contributed by atoms with Gasteiger partial charge >= 0.3 is 6.18 Å².